The van der Waals surface area contributed by atoms with Crippen LogP contribution in [0, 0.1) is 26.6 Å². The van der Waals surface area contributed by atoms with E-state index in [0.717, 1.165) is 11.1 Å². The van der Waals surface area contributed by atoms with E-state index in [-0.39, 0.29) is 46.5 Å². The van der Waals surface area contributed by atoms with Gasteiger partial charge in [0.05, 0.1) is 17.1 Å². The van der Waals surface area contributed by atoms with Crippen LogP contribution >= 0.6 is 0 Å². The maximum absolute atomic E-state index is 13.4. The highest BCUT2D eigenvalue weighted by molar-refractivity contribution is 6.25. The molecule has 0 aliphatic rings. The molecule has 5 rings (SSSR count). The average molecular weight is 637 g/mol. The number of aromatic amines is 2. The van der Waals surface area contributed by atoms with Gasteiger partial charge >= 0.3 is 5.63 Å². The van der Waals surface area contributed by atoms with Gasteiger partial charge in [0.15, 0.2) is 5.78 Å². The molecule has 1 unspecified atom stereocenters. The Bertz CT molecular complexity index is 2190. The van der Waals surface area contributed by atoms with Gasteiger partial charge in [0, 0.05) is 35.1 Å². The van der Waals surface area contributed by atoms with Crippen LogP contribution in [-0.4, -0.2) is 27.6 Å². The van der Waals surface area contributed by atoms with Crippen LogP contribution in [0.5, 0.6) is 0 Å². The number of nitrogens with one attached hydrogen (secondary N) is 4. The van der Waals surface area contributed by atoms with Crippen molar-refractivity contribution in [2.75, 3.05) is 5.32 Å². The monoisotopic (exact) mass is 636 g/mol. The Morgan fingerprint density at radius 1 is 0.957 bits per heavy atom. The number of benzene rings is 2. The van der Waals surface area contributed by atoms with E-state index in [1.165, 1.54) is 30.5 Å². The van der Waals surface area contributed by atoms with Crippen LogP contribution in [0.4, 0.5) is 10.1 Å². The second-order valence-corrected chi connectivity index (χ2v) is 11.3. The normalized spacial score (nSPS) is 12.2. The summed E-state index contributed by atoms with van der Waals surface area (Å²) in [6, 6.07) is 13.2. The zero-order valence-corrected chi connectivity index (χ0v) is 26.5. The smallest absolute Gasteiger partial charge is 0.349 e. The number of rotatable bonds is 9. The van der Waals surface area contributed by atoms with Gasteiger partial charge in [-0.05, 0) is 92.4 Å². The number of H-pyrrole nitrogens is 2. The molecule has 4 N–H and O–H groups in total. The number of aryl methyl sites for hydroxylation is 2. The first-order chi connectivity index (χ1) is 22.4. The van der Waals surface area contributed by atoms with Crippen LogP contribution in [-0.2, 0) is 4.79 Å². The Morgan fingerprint density at radius 2 is 1.68 bits per heavy atom. The van der Waals surface area contributed by atoms with E-state index in [1.807, 2.05) is 6.92 Å². The molecule has 3 aromatic heterocycles. The Labute approximate surface area is 268 Å². The molecule has 11 heteroatoms. The highest BCUT2D eigenvalue weighted by Crippen LogP contribution is 2.30. The van der Waals surface area contributed by atoms with Crippen molar-refractivity contribution in [1.82, 2.24) is 15.3 Å². The van der Waals surface area contributed by atoms with E-state index < -0.39 is 17.1 Å². The molecule has 0 aliphatic heterocycles. The van der Waals surface area contributed by atoms with Crippen molar-refractivity contribution in [3.8, 4) is 0 Å². The van der Waals surface area contributed by atoms with Crippen LogP contribution in [0.25, 0.3) is 22.6 Å². The van der Waals surface area contributed by atoms with Crippen LogP contribution in [0.1, 0.15) is 80.7 Å². The molecule has 3 heterocycles. The molecule has 0 fully saturated rings. The van der Waals surface area contributed by atoms with Crippen molar-refractivity contribution in [2.45, 2.75) is 47.1 Å². The molecule has 10 nitrogen and oxygen atoms in total. The van der Waals surface area contributed by atoms with Gasteiger partial charge in [-0.25, -0.2) is 9.18 Å². The molecule has 240 valence electrons. The number of aromatic nitrogens is 2. The van der Waals surface area contributed by atoms with Crippen LogP contribution in [0.15, 0.2) is 74.8 Å². The lowest BCUT2D eigenvalue weighted by molar-refractivity contribution is -0.113. The molecule has 2 amide bonds. The van der Waals surface area contributed by atoms with Gasteiger partial charge in [-0.15, -0.1) is 0 Å². The molecule has 0 spiro atoms. The van der Waals surface area contributed by atoms with Gasteiger partial charge in [-0.1, -0.05) is 25.1 Å². The number of hydrogen-bond acceptors (Lipinski definition) is 6. The summed E-state index contributed by atoms with van der Waals surface area (Å²) in [5.74, 6) is -1.66. The second-order valence-electron chi connectivity index (χ2n) is 11.3. The first-order valence-corrected chi connectivity index (χ1v) is 15.0. The lowest BCUT2D eigenvalue weighted by atomic mass is 9.92. The average Bonchev–Trinajstić information content (AvgIpc) is 3.30. The Balaban J connectivity index is 1.46. The van der Waals surface area contributed by atoms with Crippen molar-refractivity contribution in [3.05, 3.63) is 132 Å². The molecule has 1 atom stereocenters. The second kappa shape index (κ2) is 13.3. The Kier molecular flexibility index (Phi) is 9.18. The molecular weight excluding hydrogens is 603 g/mol. The molecule has 0 saturated heterocycles. The minimum Gasteiger partial charge on any atom is -0.422 e. The minimum absolute atomic E-state index is 0.0577. The fourth-order valence-corrected chi connectivity index (χ4v) is 5.31. The number of carbonyl (C=O) groups excluding carboxylic acids is 3. The SMILES string of the molecule is CCC(=O)/C(=C\c1[nH]c(C)c(NC(=O)c2cc3c(=O)[nH]ccc3oc2=O)c1C)c1cc(C(=O)NC(C)c2ccc(F)cc2)ccc1C. The predicted octanol–water partition coefficient (Wildman–Crippen LogP) is 6.14. The Hall–Kier alpha value is -5.84. The van der Waals surface area contributed by atoms with Gasteiger partial charge in [-0.3, -0.25) is 19.2 Å². The molecule has 5 aromatic rings. The highest BCUT2D eigenvalue weighted by Gasteiger charge is 2.21. The molecule has 0 bridgehead atoms. The zero-order chi connectivity index (χ0) is 34.0. The summed E-state index contributed by atoms with van der Waals surface area (Å²) in [5.41, 5.74) is 3.19. The van der Waals surface area contributed by atoms with Crippen molar-refractivity contribution >= 4 is 45.9 Å². The summed E-state index contributed by atoms with van der Waals surface area (Å²) in [6.07, 6.45) is 3.22. The zero-order valence-electron chi connectivity index (χ0n) is 26.5. The number of amides is 2. The van der Waals surface area contributed by atoms with Crippen molar-refractivity contribution in [2.24, 2.45) is 0 Å². The van der Waals surface area contributed by atoms with Gasteiger partial charge in [0.25, 0.3) is 17.4 Å². The number of fused-ring (bicyclic) bond motifs is 1. The van der Waals surface area contributed by atoms with Crippen LogP contribution < -0.4 is 21.8 Å². The molecule has 0 radical (unpaired) electrons. The predicted molar refractivity (Wildman–Crippen MR) is 178 cm³/mol. The number of allylic oxidation sites excluding steroid dienone is 1. The molecular formula is C36H33FN4O6. The van der Waals surface area contributed by atoms with E-state index in [9.17, 15) is 28.4 Å². The number of ketones is 1. The van der Waals surface area contributed by atoms with E-state index in [1.54, 1.807) is 64.1 Å². The van der Waals surface area contributed by atoms with Crippen LogP contribution in [0.3, 0.4) is 0 Å². The number of Topliss-reactive ketones (excluding diaryl/α,β-unsaturated/α-hetero) is 1. The van der Waals surface area contributed by atoms with E-state index in [2.05, 4.69) is 20.6 Å². The third-order valence-electron chi connectivity index (χ3n) is 8.05. The van der Waals surface area contributed by atoms with Gasteiger partial charge in [0.1, 0.15) is 17.0 Å². The molecule has 47 heavy (non-hydrogen) atoms. The highest BCUT2D eigenvalue weighted by atomic mass is 19.1. The van der Waals surface area contributed by atoms with Crippen molar-refractivity contribution < 1.29 is 23.2 Å². The van der Waals surface area contributed by atoms with Gasteiger partial charge < -0.3 is 25.0 Å². The van der Waals surface area contributed by atoms with E-state index >= 15 is 0 Å². The topological polar surface area (TPSA) is 154 Å². The standard InChI is InChI=1S/C36H33FN4O6/c1-6-30(42)26(25-15-23(8-7-18(25)2)33(43)40-20(4)22-9-11-24(37)12-10-22)17-29-19(3)32(21(5)39-29)41-35(45)28-16-27-31(47-36(28)46)13-14-38-34(27)44/h7-17,20,39H,6H2,1-5H3,(H,38,44)(H,40,43)(H,41,45)/b26-17-. The third kappa shape index (κ3) is 6.74. The number of pyridine rings is 1. The first kappa shape index (κ1) is 32.6. The lowest BCUT2D eigenvalue weighted by Gasteiger charge is -2.16. The Morgan fingerprint density at radius 3 is 2.38 bits per heavy atom. The largest absolute Gasteiger partial charge is 0.422 e. The molecule has 0 aliphatic carbocycles. The fourth-order valence-electron chi connectivity index (χ4n) is 5.31. The lowest BCUT2D eigenvalue weighted by Crippen LogP contribution is -2.26. The summed E-state index contributed by atoms with van der Waals surface area (Å²) >= 11 is 0. The molecule has 0 saturated carbocycles. The van der Waals surface area contributed by atoms with E-state index in [0.29, 0.717) is 39.3 Å². The first-order valence-electron chi connectivity index (χ1n) is 15.0. The maximum Gasteiger partial charge on any atom is 0.349 e. The van der Waals surface area contributed by atoms with Crippen molar-refractivity contribution in [3.63, 3.8) is 0 Å². The minimum atomic E-state index is -0.895. The number of hydrogen-bond donors (Lipinski definition) is 4. The maximum atomic E-state index is 13.4. The van der Waals surface area contributed by atoms with Crippen molar-refractivity contribution in [1.29, 1.82) is 0 Å². The van der Waals surface area contributed by atoms with Crippen LogP contribution in [0.2, 0.25) is 0 Å². The summed E-state index contributed by atoms with van der Waals surface area (Å²) < 4.78 is 18.6. The summed E-state index contributed by atoms with van der Waals surface area (Å²) in [4.78, 5) is 70.2. The molecule has 2 aromatic carbocycles. The quantitative estimate of drug-likeness (QED) is 0.143. The van der Waals surface area contributed by atoms with Gasteiger partial charge in [-0.2, -0.15) is 0 Å². The number of anilines is 1. The number of halogens is 1. The summed E-state index contributed by atoms with van der Waals surface area (Å²) in [7, 11) is 0. The fraction of sp³-hybridized carbons (Fsp3) is 0.194. The van der Waals surface area contributed by atoms with Gasteiger partial charge in [0.2, 0.25) is 0 Å². The summed E-state index contributed by atoms with van der Waals surface area (Å²) in [6.45, 7) is 8.86. The summed E-state index contributed by atoms with van der Waals surface area (Å²) in [5, 5.41) is 5.71. The third-order valence-corrected chi connectivity index (χ3v) is 8.05. The number of carbonyl (C=O) groups is 3. The van der Waals surface area contributed by atoms with E-state index in [4.69, 9.17) is 4.42 Å².